The molecule has 0 saturated heterocycles. The van der Waals surface area contributed by atoms with E-state index in [0.29, 0.717) is 17.0 Å². The number of rotatable bonds is 7. The monoisotopic (exact) mass is 486 g/mol. The Balaban J connectivity index is 1.65. The Morgan fingerprint density at radius 3 is 2.17 bits per heavy atom. The van der Waals surface area contributed by atoms with Gasteiger partial charge >= 0.3 is 0 Å². The Labute approximate surface area is 215 Å². The number of hydrogen-bond acceptors (Lipinski definition) is 3. The average molecular weight is 487 g/mol. The highest BCUT2D eigenvalue weighted by molar-refractivity contribution is 5.97. The molecule has 0 aliphatic rings. The minimum Gasteiger partial charge on any atom is -0.483 e. The minimum atomic E-state index is -0.287. The van der Waals surface area contributed by atoms with Crippen LogP contribution in [0.4, 0.5) is 5.69 Å². The number of carbonyl (C=O) groups is 2. The molecule has 5 heteroatoms. The number of hydrogen-bond donors (Lipinski definition) is 2. The molecular formula is C31H38N2O3. The van der Waals surface area contributed by atoms with Crippen LogP contribution in [0.25, 0.3) is 0 Å². The van der Waals surface area contributed by atoms with Crippen LogP contribution in [0.5, 0.6) is 5.75 Å². The summed E-state index contributed by atoms with van der Waals surface area (Å²) >= 11 is 0. The van der Waals surface area contributed by atoms with Crippen molar-refractivity contribution in [3.63, 3.8) is 0 Å². The maximum absolute atomic E-state index is 12.8. The highest BCUT2D eigenvalue weighted by Gasteiger charge is 2.23. The number of benzene rings is 3. The van der Waals surface area contributed by atoms with Crippen molar-refractivity contribution in [2.24, 2.45) is 0 Å². The number of amides is 2. The van der Waals surface area contributed by atoms with Crippen molar-refractivity contribution < 1.29 is 14.3 Å². The Bertz CT molecular complexity index is 1200. The van der Waals surface area contributed by atoms with Crippen LogP contribution in [0.15, 0.2) is 72.8 Å². The lowest BCUT2D eigenvalue weighted by Gasteiger charge is -2.27. The Kier molecular flexibility index (Phi) is 8.24. The first-order valence-corrected chi connectivity index (χ1v) is 12.4. The first-order valence-electron chi connectivity index (χ1n) is 12.4. The Morgan fingerprint density at radius 1 is 0.833 bits per heavy atom. The van der Waals surface area contributed by atoms with Crippen molar-refractivity contribution >= 4 is 17.5 Å². The van der Waals surface area contributed by atoms with Gasteiger partial charge in [0, 0.05) is 11.3 Å². The van der Waals surface area contributed by atoms with Crippen LogP contribution in [-0.4, -0.2) is 18.4 Å². The van der Waals surface area contributed by atoms with Gasteiger partial charge in [0.15, 0.2) is 6.61 Å². The molecule has 5 nitrogen and oxygen atoms in total. The lowest BCUT2D eigenvalue weighted by molar-refractivity contribution is -0.118. The van der Waals surface area contributed by atoms with E-state index < -0.39 is 0 Å². The molecule has 1 atom stereocenters. The molecule has 36 heavy (non-hydrogen) atoms. The second-order valence-electron chi connectivity index (χ2n) is 11.2. The van der Waals surface area contributed by atoms with Crippen molar-refractivity contribution in [1.29, 1.82) is 0 Å². The van der Waals surface area contributed by atoms with Gasteiger partial charge < -0.3 is 15.4 Å². The summed E-state index contributed by atoms with van der Waals surface area (Å²) in [5, 5.41) is 5.84. The standard InChI is InChI=1S/C31H38N2O3/c1-21(22-12-9-8-10-13-22)32-29(35)23-14-11-15-25(18-23)33-28(34)20-36-27-17-16-24(30(2,3)4)19-26(27)31(5,6)7/h8-19,21H,20H2,1-7H3,(H,32,35)(H,33,34). The van der Waals surface area contributed by atoms with Crippen LogP contribution in [0, 0.1) is 0 Å². The largest absolute Gasteiger partial charge is 0.483 e. The first-order chi connectivity index (χ1) is 16.8. The van der Waals surface area contributed by atoms with E-state index in [9.17, 15) is 9.59 Å². The van der Waals surface area contributed by atoms with Gasteiger partial charge in [0.05, 0.1) is 6.04 Å². The summed E-state index contributed by atoms with van der Waals surface area (Å²) in [6.07, 6.45) is 0. The van der Waals surface area contributed by atoms with E-state index in [-0.39, 0.29) is 35.3 Å². The Hall–Kier alpha value is -3.60. The summed E-state index contributed by atoms with van der Waals surface area (Å²) in [5.41, 5.74) is 4.22. The van der Waals surface area contributed by atoms with Crippen LogP contribution >= 0.6 is 0 Å². The topological polar surface area (TPSA) is 67.4 Å². The molecule has 0 heterocycles. The molecule has 0 spiro atoms. The van der Waals surface area contributed by atoms with Gasteiger partial charge in [-0.15, -0.1) is 0 Å². The molecule has 0 saturated carbocycles. The van der Waals surface area contributed by atoms with Gasteiger partial charge in [-0.3, -0.25) is 9.59 Å². The van der Waals surface area contributed by atoms with E-state index in [1.165, 1.54) is 5.56 Å². The predicted octanol–water partition coefficient (Wildman–Crippen LogP) is 6.79. The highest BCUT2D eigenvalue weighted by atomic mass is 16.5. The maximum atomic E-state index is 12.8. The number of anilines is 1. The third kappa shape index (κ3) is 7.20. The first kappa shape index (κ1) is 27.0. The van der Waals surface area contributed by atoms with Crippen molar-refractivity contribution in [2.45, 2.75) is 65.3 Å². The SMILES string of the molecule is CC(NC(=O)c1cccc(NC(=O)COc2ccc(C(C)(C)C)cc2C(C)(C)C)c1)c1ccccc1. The Morgan fingerprint density at radius 2 is 1.53 bits per heavy atom. The number of nitrogens with one attached hydrogen (secondary N) is 2. The predicted molar refractivity (Wildman–Crippen MR) is 147 cm³/mol. The van der Waals surface area contributed by atoms with Gasteiger partial charge in [-0.2, -0.15) is 0 Å². The summed E-state index contributed by atoms with van der Waals surface area (Å²) in [6, 6.07) is 22.7. The lowest BCUT2D eigenvalue weighted by Crippen LogP contribution is -2.27. The number of ether oxygens (including phenoxy) is 1. The van der Waals surface area contributed by atoms with Gasteiger partial charge in [0.25, 0.3) is 11.8 Å². The van der Waals surface area contributed by atoms with E-state index >= 15 is 0 Å². The summed E-state index contributed by atoms with van der Waals surface area (Å²) in [4.78, 5) is 25.4. The van der Waals surface area contributed by atoms with Gasteiger partial charge in [0.2, 0.25) is 0 Å². The molecule has 0 radical (unpaired) electrons. The van der Waals surface area contributed by atoms with Crippen LogP contribution in [0.2, 0.25) is 0 Å². The molecule has 0 aromatic heterocycles. The third-order valence-electron chi connectivity index (χ3n) is 6.07. The molecule has 0 bridgehead atoms. The lowest BCUT2D eigenvalue weighted by atomic mass is 9.80. The van der Waals surface area contributed by atoms with Gasteiger partial charge in [-0.05, 0) is 58.7 Å². The van der Waals surface area contributed by atoms with Gasteiger partial charge in [-0.25, -0.2) is 0 Å². The zero-order chi connectivity index (χ0) is 26.5. The molecule has 0 fully saturated rings. The fourth-order valence-corrected chi connectivity index (χ4v) is 3.89. The van der Waals surface area contributed by atoms with Crippen LogP contribution < -0.4 is 15.4 Å². The number of carbonyl (C=O) groups excluding carboxylic acids is 2. The van der Waals surface area contributed by atoms with Crippen LogP contribution in [0.1, 0.15) is 81.6 Å². The molecule has 3 aromatic carbocycles. The fraction of sp³-hybridized carbons (Fsp3) is 0.355. The van der Waals surface area contributed by atoms with Crippen molar-refractivity contribution in [2.75, 3.05) is 11.9 Å². The average Bonchev–Trinajstić information content (AvgIpc) is 2.82. The molecule has 1 unspecified atom stereocenters. The van der Waals surface area contributed by atoms with Crippen LogP contribution in [0.3, 0.4) is 0 Å². The third-order valence-corrected chi connectivity index (χ3v) is 6.07. The highest BCUT2D eigenvalue weighted by Crippen LogP contribution is 2.35. The van der Waals surface area contributed by atoms with Crippen molar-refractivity contribution in [1.82, 2.24) is 5.32 Å². The molecule has 3 rings (SSSR count). The fourth-order valence-electron chi connectivity index (χ4n) is 3.89. The van der Waals surface area contributed by atoms with E-state index in [2.05, 4.69) is 64.3 Å². The molecule has 2 amide bonds. The van der Waals surface area contributed by atoms with Crippen LogP contribution in [-0.2, 0) is 15.6 Å². The quantitative estimate of drug-likeness (QED) is 0.386. The molecule has 190 valence electrons. The summed E-state index contributed by atoms with van der Waals surface area (Å²) in [6.45, 7) is 14.8. The zero-order valence-corrected chi connectivity index (χ0v) is 22.4. The molecule has 2 N–H and O–H groups in total. The van der Waals surface area contributed by atoms with Gasteiger partial charge in [-0.1, -0.05) is 90.1 Å². The van der Waals surface area contributed by atoms with E-state index in [4.69, 9.17) is 4.74 Å². The minimum absolute atomic E-state index is 0.0199. The van der Waals surface area contributed by atoms with E-state index in [0.717, 1.165) is 11.1 Å². The summed E-state index contributed by atoms with van der Waals surface area (Å²) < 4.78 is 5.95. The maximum Gasteiger partial charge on any atom is 0.262 e. The van der Waals surface area contributed by atoms with E-state index in [1.807, 2.05) is 43.3 Å². The summed E-state index contributed by atoms with van der Waals surface area (Å²) in [5.74, 6) is 0.214. The van der Waals surface area contributed by atoms with Crippen molar-refractivity contribution in [3.8, 4) is 5.75 Å². The molecule has 0 aliphatic carbocycles. The second kappa shape index (κ2) is 11.0. The van der Waals surface area contributed by atoms with E-state index in [1.54, 1.807) is 24.3 Å². The molecule has 0 aliphatic heterocycles. The zero-order valence-electron chi connectivity index (χ0n) is 22.4. The second-order valence-corrected chi connectivity index (χ2v) is 11.2. The smallest absolute Gasteiger partial charge is 0.262 e. The summed E-state index contributed by atoms with van der Waals surface area (Å²) in [7, 11) is 0. The van der Waals surface area contributed by atoms with Gasteiger partial charge in [0.1, 0.15) is 5.75 Å². The normalized spacial score (nSPS) is 12.5. The molecule has 3 aromatic rings. The molecular weight excluding hydrogens is 448 g/mol. The van der Waals surface area contributed by atoms with Crippen molar-refractivity contribution in [3.05, 3.63) is 95.1 Å².